The molecule has 0 aliphatic heterocycles. The lowest BCUT2D eigenvalue weighted by Crippen LogP contribution is -2.07. The van der Waals surface area contributed by atoms with Crippen molar-refractivity contribution >= 4 is 5.82 Å². The van der Waals surface area contributed by atoms with Crippen LogP contribution in [-0.4, -0.2) is 9.78 Å². The molecule has 4 heteroatoms. The molecule has 0 fully saturated rings. The fourth-order valence-corrected chi connectivity index (χ4v) is 1.90. The average Bonchev–Trinajstić information content (AvgIpc) is 2.78. The van der Waals surface area contributed by atoms with Gasteiger partial charge in [-0.2, -0.15) is 10.4 Å². The molecule has 0 aliphatic carbocycles. The lowest BCUT2D eigenvalue weighted by molar-refractivity contribution is 0.542. The van der Waals surface area contributed by atoms with Crippen molar-refractivity contribution in [3.63, 3.8) is 0 Å². The molecule has 4 nitrogen and oxygen atoms in total. The van der Waals surface area contributed by atoms with E-state index in [1.165, 1.54) is 0 Å². The fourth-order valence-electron chi connectivity index (χ4n) is 1.90. The number of aromatic nitrogens is 2. The van der Waals surface area contributed by atoms with Crippen LogP contribution in [0, 0.1) is 18.3 Å². The van der Waals surface area contributed by atoms with Gasteiger partial charge in [-0.05, 0) is 32.9 Å². The van der Waals surface area contributed by atoms with E-state index in [-0.39, 0.29) is 6.04 Å². The Balaban J connectivity index is 0.000000956. The molecule has 2 aromatic rings. The first-order valence-corrected chi connectivity index (χ1v) is 6.89. The Morgan fingerprint density at radius 1 is 1.20 bits per heavy atom. The van der Waals surface area contributed by atoms with Crippen LogP contribution in [-0.2, 0) is 0 Å². The first-order valence-electron chi connectivity index (χ1n) is 6.89. The molecule has 2 N–H and O–H groups in total. The molecule has 0 spiro atoms. The van der Waals surface area contributed by atoms with Crippen LogP contribution in [0.1, 0.15) is 44.9 Å². The number of nitrogens with zero attached hydrogens (tertiary/aromatic N) is 3. The quantitative estimate of drug-likeness (QED) is 0.899. The molecule has 0 atom stereocenters. The lowest BCUT2D eigenvalue weighted by Gasteiger charge is -2.06. The highest BCUT2D eigenvalue weighted by Crippen LogP contribution is 2.28. The van der Waals surface area contributed by atoms with Crippen molar-refractivity contribution in [2.45, 2.75) is 40.7 Å². The Morgan fingerprint density at radius 2 is 1.75 bits per heavy atom. The van der Waals surface area contributed by atoms with Gasteiger partial charge in [0, 0.05) is 17.2 Å². The molecule has 0 saturated heterocycles. The van der Waals surface area contributed by atoms with Gasteiger partial charge < -0.3 is 5.73 Å². The molecule has 1 heterocycles. The molecule has 0 saturated carbocycles. The number of rotatable bonds is 2. The maximum Gasteiger partial charge on any atom is 0.125 e. The van der Waals surface area contributed by atoms with Crippen LogP contribution in [0.25, 0.3) is 11.3 Å². The molecular formula is C16H22N4. The summed E-state index contributed by atoms with van der Waals surface area (Å²) >= 11 is 0. The Hall–Kier alpha value is -2.28. The van der Waals surface area contributed by atoms with E-state index < -0.39 is 0 Å². The van der Waals surface area contributed by atoms with E-state index in [1.54, 1.807) is 12.1 Å². The van der Waals surface area contributed by atoms with E-state index in [0.717, 1.165) is 16.8 Å². The van der Waals surface area contributed by atoms with E-state index in [1.807, 2.05) is 51.4 Å². The minimum absolute atomic E-state index is 0.232. The second kappa shape index (κ2) is 6.76. The number of benzene rings is 1. The van der Waals surface area contributed by atoms with Crippen LogP contribution < -0.4 is 5.73 Å². The molecule has 2 rings (SSSR count). The van der Waals surface area contributed by atoms with Crippen molar-refractivity contribution in [3.05, 3.63) is 35.4 Å². The van der Waals surface area contributed by atoms with Crippen molar-refractivity contribution in [2.75, 3.05) is 5.73 Å². The second-order valence-corrected chi connectivity index (χ2v) is 4.59. The molecule has 0 radical (unpaired) electrons. The van der Waals surface area contributed by atoms with Gasteiger partial charge in [0.2, 0.25) is 0 Å². The molecular weight excluding hydrogens is 248 g/mol. The van der Waals surface area contributed by atoms with E-state index in [9.17, 15) is 0 Å². The maximum atomic E-state index is 8.78. The lowest BCUT2D eigenvalue weighted by atomic mass is 10.1. The zero-order valence-electron chi connectivity index (χ0n) is 12.8. The van der Waals surface area contributed by atoms with Crippen molar-refractivity contribution < 1.29 is 0 Å². The summed E-state index contributed by atoms with van der Waals surface area (Å²) in [7, 11) is 0. The minimum Gasteiger partial charge on any atom is -0.384 e. The summed E-state index contributed by atoms with van der Waals surface area (Å²) in [5.74, 6) is 0.698. The van der Waals surface area contributed by atoms with Crippen molar-refractivity contribution in [1.82, 2.24) is 9.78 Å². The molecule has 0 unspecified atom stereocenters. The van der Waals surface area contributed by atoms with Gasteiger partial charge in [0.25, 0.3) is 0 Å². The first kappa shape index (κ1) is 15.8. The van der Waals surface area contributed by atoms with Gasteiger partial charge in [0.15, 0.2) is 0 Å². The zero-order chi connectivity index (χ0) is 15.3. The van der Waals surface area contributed by atoms with Gasteiger partial charge in [-0.1, -0.05) is 26.0 Å². The number of hydrogen-bond donors (Lipinski definition) is 1. The van der Waals surface area contributed by atoms with Crippen LogP contribution in [0.15, 0.2) is 24.3 Å². The van der Waals surface area contributed by atoms with Crippen molar-refractivity contribution in [2.24, 2.45) is 0 Å². The maximum absolute atomic E-state index is 8.78. The molecule has 1 aromatic heterocycles. The molecule has 0 bridgehead atoms. The average molecular weight is 270 g/mol. The smallest absolute Gasteiger partial charge is 0.125 e. The predicted molar refractivity (Wildman–Crippen MR) is 83.3 cm³/mol. The van der Waals surface area contributed by atoms with Crippen LogP contribution in [0.3, 0.4) is 0 Å². The van der Waals surface area contributed by atoms with E-state index in [2.05, 4.69) is 11.2 Å². The number of hydrogen-bond acceptors (Lipinski definition) is 3. The Morgan fingerprint density at radius 3 is 2.15 bits per heavy atom. The summed E-state index contributed by atoms with van der Waals surface area (Å²) in [6.07, 6.45) is 0. The van der Waals surface area contributed by atoms with Gasteiger partial charge in [-0.25, -0.2) is 4.68 Å². The molecule has 1 aromatic carbocycles. The van der Waals surface area contributed by atoms with Gasteiger partial charge in [0.1, 0.15) is 5.82 Å². The highest BCUT2D eigenvalue weighted by molar-refractivity contribution is 5.68. The number of anilines is 1. The fraction of sp³-hybridized carbons (Fsp3) is 0.375. The number of nitrogens with two attached hydrogens (primary N) is 1. The summed E-state index contributed by atoms with van der Waals surface area (Å²) in [5.41, 5.74) is 9.54. The van der Waals surface area contributed by atoms with Gasteiger partial charge in [-0.3, -0.25) is 0 Å². The summed E-state index contributed by atoms with van der Waals surface area (Å²) in [4.78, 5) is 0. The summed E-state index contributed by atoms with van der Waals surface area (Å²) < 4.78 is 1.82. The van der Waals surface area contributed by atoms with Gasteiger partial charge in [-0.15, -0.1) is 0 Å². The van der Waals surface area contributed by atoms with E-state index in [0.29, 0.717) is 11.4 Å². The monoisotopic (exact) mass is 270 g/mol. The largest absolute Gasteiger partial charge is 0.384 e. The number of nitrogen functional groups attached to an aromatic ring is 1. The van der Waals surface area contributed by atoms with Crippen LogP contribution in [0.4, 0.5) is 5.82 Å². The minimum atomic E-state index is 0.232. The molecule has 0 amide bonds. The molecule has 20 heavy (non-hydrogen) atoms. The highest BCUT2D eigenvalue weighted by Gasteiger charge is 2.14. The Bertz CT molecular complexity index is 601. The summed E-state index contributed by atoms with van der Waals surface area (Å²) in [5, 5.41) is 13.3. The van der Waals surface area contributed by atoms with E-state index in [4.69, 9.17) is 11.0 Å². The van der Waals surface area contributed by atoms with Crippen molar-refractivity contribution in [3.8, 4) is 17.3 Å². The number of nitriles is 1. The Kier molecular flexibility index (Phi) is 5.33. The van der Waals surface area contributed by atoms with Gasteiger partial charge in [0.05, 0.1) is 17.3 Å². The van der Waals surface area contributed by atoms with Gasteiger partial charge >= 0.3 is 0 Å². The summed E-state index contributed by atoms with van der Waals surface area (Å²) in [6.45, 7) is 10.1. The van der Waals surface area contributed by atoms with Crippen LogP contribution >= 0.6 is 0 Å². The normalized spacial score (nSPS) is 9.85. The predicted octanol–water partition coefficient (Wildman–Crippen LogP) is 3.92. The Labute approximate surface area is 120 Å². The first-order chi connectivity index (χ1) is 9.54. The third kappa shape index (κ3) is 3.00. The molecule has 106 valence electrons. The molecule has 0 aliphatic rings. The van der Waals surface area contributed by atoms with Crippen LogP contribution in [0.2, 0.25) is 0 Å². The van der Waals surface area contributed by atoms with Crippen LogP contribution in [0.5, 0.6) is 0 Å². The SMILES string of the molecule is CC.Cc1c(-c2ccc(C#N)cc2)nn(C(C)C)c1N. The summed E-state index contributed by atoms with van der Waals surface area (Å²) in [6, 6.07) is 9.72. The highest BCUT2D eigenvalue weighted by atomic mass is 15.3. The topological polar surface area (TPSA) is 67.6 Å². The zero-order valence-corrected chi connectivity index (χ0v) is 12.8. The van der Waals surface area contributed by atoms with Crippen molar-refractivity contribution in [1.29, 1.82) is 5.26 Å². The second-order valence-electron chi connectivity index (χ2n) is 4.59. The standard InChI is InChI=1S/C14H16N4.C2H6/c1-9(2)18-14(16)10(3)13(17-18)12-6-4-11(8-15)5-7-12;1-2/h4-7,9H,16H2,1-3H3;1-2H3. The third-order valence-electron chi connectivity index (χ3n) is 2.97. The van der Waals surface area contributed by atoms with E-state index >= 15 is 0 Å². The third-order valence-corrected chi connectivity index (χ3v) is 2.97.